The van der Waals surface area contributed by atoms with Crippen LogP contribution in [0.25, 0.3) is 0 Å². The van der Waals surface area contributed by atoms with E-state index in [4.69, 9.17) is 0 Å². The zero-order chi connectivity index (χ0) is 15.1. The van der Waals surface area contributed by atoms with Gasteiger partial charge in [0, 0.05) is 17.6 Å². The molecule has 0 radical (unpaired) electrons. The number of hydrogen-bond acceptors (Lipinski definition) is 2. The van der Waals surface area contributed by atoms with Crippen molar-refractivity contribution in [2.45, 2.75) is 26.0 Å². The maximum absolute atomic E-state index is 10.4. The molecule has 3 heteroatoms. The summed E-state index contributed by atoms with van der Waals surface area (Å²) in [5.41, 5.74) is 2.28. The lowest BCUT2D eigenvalue weighted by Crippen LogP contribution is -2.25. The van der Waals surface area contributed by atoms with Crippen LogP contribution in [0.4, 0.5) is 0 Å². The molecule has 1 unspecified atom stereocenters. The van der Waals surface area contributed by atoms with Crippen molar-refractivity contribution in [3.63, 3.8) is 0 Å². The Morgan fingerprint density at radius 1 is 1.05 bits per heavy atom. The highest BCUT2D eigenvalue weighted by molar-refractivity contribution is 9.10. The van der Waals surface area contributed by atoms with Crippen molar-refractivity contribution in [3.05, 3.63) is 70.2 Å². The molecule has 2 nitrogen and oxygen atoms in total. The van der Waals surface area contributed by atoms with Crippen LogP contribution in [0.1, 0.15) is 30.6 Å². The highest BCUT2D eigenvalue weighted by Gasteiger charge is 2.12. The van der Waals surface area contributed by atoms with E-state index in [2.05, 4.69) is 52.0 Å². The van der Waals surface area contributed by atoms with Gasteiger partial charge in [0.15, 0.2) is 0 Å². The largest absolute Gasteiger partial charge is 0.388 e. The molecule has 2 rings (SSSR count). The summed E-state index contributed by atoms with van der Waals surface area (Å²) in [6.45, 7) is 4.96. The van der Waals surface area contributed by atoms with Crippen LogP contribution in [0, 0.1) is 0 Å². The highest BCUT2D eigenvalue weighted by Crippen LogP contribution is 2.25. The van der Waals surface area contributed by atoms with Gasteiger partial charge in [-0.05, 0) is 30.2 Å². The molecule has 0 heterocycles. The van der Waals surface area contributed by atoms with Gasteiger partial charge in [-0.25, -0.2) is 0 Å². The summed E-state index contributed by atoms with van der Waals surface area (Å²) in [5, 5.41) is 10.4. The molecule has 1 atom stereocenters. The molecule has 0 aliphatic heterocycles. The van der Waals surface area contributed by atoms with Gasteiger partial charge >= 0.3 is 0 Å². The molecule has 0 spiro atoms. The van der Waals surface area contributed by atoms with Gasteiger partial charge in [-0.2, -0.15) is 0 Å². The highest BCUT2D eigenvalue weighted by atomic mass is 79.9. The molecule has 0 aromatic heterocycles. The molecule has 0 amide bonds. The fourth-order valence-electron chi connectivity index (χ4n) is 2.40. The van der Waals surface area contributed by atoms with E-state index in [0.29, 0.717) is 0 Å². The normalized spacial score (nSPS) is 12.6. The summed E-state index contributed by atoms with van der Waals surface area (Å²) < 4.78 is 0.976. The number of aliphatic hydroxyl groups is 1. The maximum Gasteiger partial charge on any atom is 0.0813 e. The average Bonchev–Trinajstić information content (AvgIpc) is 2.52. The van der Waals surface area contributed by atoms with Crippen LogP contribution in [-0.2, 0) is 6.54 Å². The zero-order valence-corrected chi connectivity index (χ0v) is 14.0. The smallest absolute Gasteiger partial charge is 0.0813 e. The summed E-state index contributed by atoms with van der Waals surface area (Å²) in [5.74, 6) is 0. The Morgan fingerprint density at radius 2 is 1.71 bits per heavy atom. The van der Waals surface area contributed by atoms with Crippen molar-refractivity contribution < 1.29 is 5.11 Å². The minimum absolute atomic E-state index is 0.426. The van der Waals surface area contributed by atoms with Crippen molar-refractivity contribution in [3.8, 4) is 0 Å². The summed E-state index contributed by atoms with van der Waals surface area (Å²) in [6, 6.07) is 18.3. The summed E-state index contributed by atoms with van der Waals surface area (Å²) in [4.78, 5) is 2.36. The average molecular weight is 348 g/mol. The van der Waals surface area contributed by atoms with Crippen molar-refractivity contribution in [1.82, 2.24) is 4.90 Å². The first kappa shape index (κ1) is 16.2. The van der Waals surface area contributed by atoms with Crippen LogP contribution in [0.3, 0.4) is 0 Å². The predicted octanol–water partition coefficient (Wildman–Crippen LogP) is 4.39. The summed E-state index contributed by atoms with van der Waals surface area (Å²) in [7, 11) is 0. The van der Waals surface area contributed by atoms with Gasteiger partial charge in [0.05, 0.1) is 6.10 Å². The van der Waals surface area contributed by atoms with E-state index in [-0.39, 0.29) is 0 Å². The number of aliphatic hydroxyl groups excluding tert-OH is 1. The van der Waals surface area contributed by atoms with E-state index in [9.17, 15) is 5.11 Å². The van der Waals surface area contributed by atoms with Crippen molar-refractivity contribution in [2.24, 2.45) is 0 Å². The Hall–Kier alpha value is -1.16. The molecule has 2 aromatic carbocycles. The van der Waals surface area contributed by atoms with Gasteiger partial charge in [-0.15, -0.1) is 0 Å². The Balaban J connectivity index is 1.90. The Bertz CT molecular complexity index is 544. The van der Waals surface area contributed by atoms with Crippen molar-refractivity contribution >= 4 is 15.9 Å². The first-order valence-electron chi connectivity index (χ1n) is 7.39. The molecule has 0 saturated carbocycles. The van der Waals surface area contributed by atoms with Crippen LogP contribution >= 0.6 is 15.9 Å². The van der Waals surface area contributed by atoms with Crippen LogP contribution in [0.2, 0.25) is 0 Å². The molecule has 1 N–H and O–H groups in total. The lowest BCUT2D eigenvalue weighted by molar-refractivity contribution is 0.141. The second kappa shape index (κ2) is 8.32. The fraction of sp³-hybridized carbons (Fsp3) is 0.333. The number of rotatable bonds is 7. The fourth-order valence-corrected chi connectivity index (χ4v) is 2.95. The third kappa shape index (κ3) is 4.95. The number of benzene rings is 2. The second-order valence-electron chi connectivity index (χ2n) is 5.18. The van der Waals surface area contributed by atoms with Gasteiger partial charge in [0.25, 0.3) is 0 Å². The van der Waals surface area contributed by atoms with Gasteiger partial charge in [0.1, 0.15) is 0 Å². The molecule has 0 bridgehead atoms. The van der Waals surface area contributed by atoms with Crippen LogP contribution in [0.15, 0.2) is 59.1 Å². The molecule has 21 heavy (non-hydrogen) atoms. The first-order valence-corrected chi connectivity index (χ1v) is 8.18. The zero-order valence-electron chi connectivity index (χ0n) is 12.4. The van der Waals surface area contributed by atoms with Gasteiger partial charge < -0.3 is 5.11 Å². The first-order chi connectivity index (χ1) is 10.2. The molecule has 0 fully saturated rings. The SMILES string of the molecule is CCN(CCC(O)c1ccccc1Br)Cc1ccccc1. The topological polar surface area (TPSA) is 23.5 Å². The molecule has 0 saturated heterocycles. The van der Waals surface area contributed by atoms with E-state index in [1.807, 2.05) is 30.3 Å². The van der Waals surface area contributed by atoms with E-state index >= 15 is 0 Å². The monoisotopic (exact) mass is 347 g/mol. The van der Waals surface area contributed by atoms with Crippen molar-refractivity contribution in [1.29, 1.82) is 0 Å². The molecule has 112 valence electrons. The van der Waals surface area contributed by atoms with Crippen LogP contribution in [0.5, 0.6) is 0 Å². The summed E-state index contributed by atoms with van der Waals surface area (Å²) in [6.07, 6.45) is 0.314. The Labute approximate surface area is 135 Å². The maximum atomic E-state index is 10.4. The second-order valence-corrected chi connectivity index (χ2v) is 6.03. The number of nitrogens with zero attached hydrogens (tertiary/aromatic N) is 1. The van der Waals surface area contributed by atoms with Crippen LogP contribution in [-0.4, -0.2) is 23.1 Å². The molecular formula is C18H22BrNO. The molecule has 0 aliphatic rings. The third-order valence-electron chi connectivity index (χ3n) is 3.68. The minimum atomic E-state index is -0.426. The van der Waals surface area contributed by atoms with Gasteiger partial charge in [-0.3, -0.25) is 4.90 Å². The quantitative estimate of drug-likeness (QED) is 0.802. The Morgan fingerprint density at radius 3 is 2.38 bits per heavy atom. The number of hydrogen-bond donors (Lipinski definition) is 1. The van der Waals surface area contributed by atoms with E-state index in [1.54, 1.807) is 0 Å². The van der Waals surface area contributed by atoms with Crippen molar-refractivity contribution in [2.75, 3.05) is 13.1 Å². The lowest BCUT2D eigenvalue weighted by atomic mass is 10.1. The standard InChI is InChI=1S/C18H22BrNO/c1-2-20(14-15-8-4-3-5-9-15)13-12-18(21)16-10-6-7-11-17(16)19/h3-11,18,21H,2,12-14H2,1H3. The van der Waals surface area contributed by atoms with Gasteiger partial charge in [0.2, 0.25) is 0 Å². The lowest BCUT2D eigenvalue weighted by Gasteiger charge is -2.22. The third-order valence-corrected chi connectivity index (χ3v) is 4.40. The van der Waals surface area contributed by atoms with E-state index in [1.165, 1.54) is 5.56 Å². The molecular weight excluding hydrogens is 326 g/mol. The predicted molar refractivity (Wildman–Crippen MR) is 91.1 cm³/mol. The minimum Gasteiger partial charge on any atom is -0.388 e. The van der Waals surface area contributed by atoms with E-state index < -0.39 is 6.10 Å². The molecule has 2 aromatic rings. The van der Waals surface area contributed by atoms with E-state index in [0.717, 1.165) is 36.1 Å². The van der Waals surface area contributed by atoms with Gasteiger partial charge in [-0.1, -0.05) is 71.4 Å². The Kier molecular flexibility index (Phi) is 6.43. The molecule has 0 aliphatic carbocycles. The number of halogens is 1. The van der Waals surface area contributed by atoms with Crippen LogP contribution < -0.4 is 0 Å². The summed E-state index contributed by atoms with van der Waals surface area (Å²) >= 11 is 3.50.